The summed E-state index contributed by atoms with van der Waals surface area (Å²) in [6, 6.07) is 1.66. The number of aromatic nitrogens is 3. The number of nitrogens with zero attached hydrogens (tertiary/aromatic N) is 3. The fourth-order valence-corrected chi connectivity index (χ4v) is 6.93. The summed E-state index contributed by atoms with van der Waals surface area (Å²) in [7, 11) is -3.85. The summed E-state index contributed by atoms with van der Waals surface area (Å²) in [4.78, 5) is 34.5. The Balaban J connectivity index is 1.71. The van der Waals surface area contributed by atoms with Crippen molar-refractivity contribution in [2.75, 3.05) is 25.3 Å². The van der Waals surface area contributed by atoms with E-state index in [2.05, 4.69) is 27.1 Å². The molecule has 2 atom stereocenters. The van der Waals surface area contributed by atoms with Crippen LogP contribution in [0.15, 0.2) is 18.6 Å². The minimum atomic E-state index is -3.85. The van der Waals surface area contributed by atoms with E-state index >= 15 is 0 Å². The fourth-order valence-electron chi connectivity index (χ4n) is 4.29. The number of carbonyl (C=O) groups is 2. The Morgan fingerprint density at radius 3 is 2.38 bits per heavy atom. The third-order valence-electron chi connectivity index (χ3n) is 6.96. The zero-order valence-corrected chi connectivity index (χ0v) is 26.5. The van der Waals surface area contributed by atoms with Gasteiger partial charge in [0.2, 0.25) is 7.44 Å². The third kappa shape index (κ3) is 9.45. The second-order valence-corrected chi connectivity index (χ2v) is 14.4. The van der Waals surface area contributed by atoms with E-state index in [1.807, 2.05) is 0 Å². The highest BCUT2D eigenvalue weighted by molar-refractivity contribution is 7.59. The van der Waals surface area contributed by atoms with E-state index in [1.54, 1.807) is 43.9 Å². The summed E-state index contributed by atoms with van der Waals surface area (Å²) in [5.41, 5.74) is 3.25. The van der Waals surface area contributed by atoms with Crippen molar-refractivity contribution in [1.82, 2.24) is 24.7 Å². The molecule has 2 aromatic rings. The van der Waals surface area contributed by atoms with Gasteiger partial charge in [-0.3, -0.25) is 14.2 Å². The number of nitrogens with one attached hydrogen (secondary N) is 2. The number of pyridine rings is 1. The molecule has 1 saturated carbocycles. The topological polar surface area (TPSA) is 160 Å². The van der Waals surface area contributed by atoms with Crippen LogP contribution in [0.2, 0.25) is 0 Å². The highest BCUT2D eigenvalue weighted by Gasteiger charge is 2.47. The summed E-state index contributed by atoms with van der Waals surface area (Å²) < 4.78 is 46.9. The zero-order chi connectivity index (χ0) is 31.2. The van der Waals surface area contributed by atoms with E-state index in [0.717, 1.165) is 25.7 Å². The maximum Gasteiger partial charge on any atom is 0.326 e. The lowest BCUT2D eigenvalue weighted by Gasteiger charge is -2.35. The van der Waals surface area contributed by atoms with Crippen molar-refractivity contribution in [3.05, 3.63) is 18.6 Å². The van der Waals surface area contributed by atoms with E-state index in [1.165, 1.54) is 13.8 Å². The van der Waals surface area contributed by atoms with Crippen LogP contribution in [0.5, 0.6) is 0 Å². The third-order valence-corrected chi connectivity index (χ3v) is 9.31. The molecule has 0 aromatic carbocycles. The van der Waals surface area contributed by atoms with Crippen molar-refractivity contribution in [2.24, 2.45) is 0 Å². The minimum Gasteiger partial charge on any atom is -0.464 e. The maximum absolute atomic E-state index is 14.4. The molecule has 2 aromatic heterocycles. The van der Waals surface area contributed by atoms with Crippen molar-refractivity contribution in [3.8, 4) is 0 Å². The summed E-state index contributed by atoms with van der Waals surface area (Å²) in [5, 5.41) is 5.72. The molecule has 1 aliphatic carbocycles. The zero-order valence-electron chi connectivity index (χ0n) is 25.6. The lowest BCUT2D eigenvalue weighted by Crippen LogP contribution is -2.54. The highest BCUT2D eigenvalue weighted by atomic mass is 31.2. The number of rotatable bonds is 18. The van der Waals surface area contributed by atoms with E-state index in [4.69, 9.17) is 19.9 Å². The van der Waals surface area contributed by atoms with Crippen LogP contribution in [0.3, 0.4) is 0 Å². The van der Waals surface area contributed by atoms with Gasteiger partial charge in [0.05, 0.1) is 31.3 Å². The van der Waals surface area contributed by atoms with Crippen molar-refractivity contribution in [1.29, 1.82) is 0 Å². The SMILES string of the molecule is CCCCCCOC(=O)C(C)(C)NP(=O)(CO[C@H](C)Cn1cnc2c(N)ccnc21)NC(C)(C)C(=O)OCC1(F)CC1. The van der Waals surface area contributed by atoms with Crippen molar-refractivity contribution in [2.45, 2.75) is 109 Å². The number of ether oxygens (including phenoxy) is 3. The van der Waals surface area contributed by atoms with Crippen LogP contribution in [-0.4, -0.2) is 68.9 Å². The second-order valence-electron chi connectivity index (χ2n) is 12.2. The van der Waals surface area contributed by atoms with Gasteiger partial charge in [-0.05, 0) is 59.9 Å². The quantitative estimate of drug-likeness (QED) is 0.124. The van der Waals surface area contributed by atoms with Crippen LogP contribution >= 0.6 is 7.44 Å². The van der Waals surface area contributed by atoms with Gasteiger partial charge >= 0.3 is 11.9 Å². The highest BCUT2D eigenvalue weighted by Crippen LogP contribution is 2.43. The van der Waals surface area contributed by atoms with Gasteiger partial charge in [-0.2, -0.15) is 0 Å². The van der Waals surface area contributed by atoms with E-state index in [-0.39, 0.29) is 19.6 Å². The number of alkyl halides is 1. The van der Waals surface area contributed by atoms with Gasteiger partial charge in [-0.15, -0.1) is 0 Å². The Morgan fingerprint density at radius 2 is 1.76 bits per heavy atom. The molecular weight excluding hydrogens is 566 g/mol. The van der Waals surface area contributed by atoms with E-state index in [9.17, 15) is 18.5 Å². The second kappa shape index (κ2) is 13.8. The number of esters is 2. The first-order chi connectivity index (χ1) is 19.6. The lowest BCUT2D eigenvalue weighted by atomic mass is 10.1. The molecule has 3 rings (SSSR count). The number of halogens is 1. The number of nitrogens with two attached hydrogens (primary N) is 1. The molecular formula is C28H46FN6O6P. The van der Waals surface area contributed by atoms with E-state index < -0.39 is 42.2 Å². The molecule has 1 fully saturated rings. The van der Waals surface area contributed by atoms with Crippen LogP contribution in [0.25, 0.3) is 11.2 Å². The Hall–Kier alpha value is -2.60. The average molecular weight is 613 g/mol. The van der Waals surface area contributed by atoms with Crippen molar-refractivity contribution < 1.29 is 32.8 Å². The number of anilines is 1. The van der Waals surface area contributed by atoms with Gasteiger partial charge in [0.15, 0.2) is 5.65 Å². The molecule has 1 aliphatic rings. The van der Waals surface area contributed by atoms with Crippen LogP contribution in [-0.2, 0) is 34.9 Å². The molecule has 0 amide bonds. The fraction of sp³-hybridized carbons (Fsp3) is 0.714. The molecule has 0 bridgehead atoms. The monoisotopic (exact) mass is 612 g/mol. The summed E-state index contributed by atoms with van der Waals surface area (Å²) in [5.74, 6) is -1.36. The molecule has 12 nitrogen and oxygen atoms in total. The molecule has 2 heterocycles. The van der Waals surface area contributed by atoms with Crippen molar-refractivity contribution in [3.63, 3.8) is 0 Å². The number of nitrogen functional groups attached to an aromatic ring is 1. The minimum absolute atomic E-state index is 0.245. The molecule has 0 spiro atoms. The smallest absolute Gasteiger partial charge is 0.326 e. The molecule has 236 valence electrons. The molecule has 1 unspecified atom stereocenters. The largest absolute Gasteiger partial charge is 0.464 e. The average Bonchev–Trinajstić information content (AvgIpc) is 3.51. The predicted molar refractivity (Wildman–Crippen MR) is 159 cm³/mol. The Bertz CT molecular complexity index is 1280. The number of fused-ring (bicyclic) bond motifs is 1. The van der Waals surface area contributed by atoms with Crippen LogP contribution in [0.1, 0.15) is 80.1 Å². The Morgan fingerprint density at radius 1 is 1.12 bits per heavy atom. The van der Waals surface area contributed by atoms with Crippen LogP contribution < -0.4 is 15.9 Å². The van der Waals surface area contributed by atoms with Gasteiger partial charge in [0.25, 0.3) is 0 Å². The molecule has 0 radical (unpaired) electrons. The van der Waals surface area contributed by atoms with Gasteiger partial charge in [-0.1, -0.05) is 26.2 Å². The predicted octanol–water partition coefficient (Wildman–Crippen LogP) is 4.47. The number of imidazole rings is 1. The number of carbonyl (C=O) groups excluding carboxylic acids is 2. The maximum atomic E-state index is 14.4. The van der Waals surface area contributed by atoms with Crippen LogP contribution in [0.4, 0.5) is 10.1 Å². The first-order valence-corrected chi connectivity index (χ1v) is 16.4. The van der Waals surface area contributed by atoms with Gasteiger partial charge in [0.1, 0.15) is 35.2 Å². The number of unbranched alkanes of at least 4 members (excludes halogenated alkanes) is 3. The van der Waals surface area contributed by atoms with Crippen LogP contribution in [0, 0.1) is 0 Å². The number of hydrogen-bond donors (Lipinski definition) is 3. The summed E-state index contributed by atoms with van der Waals surface area (Å²) in [6.07, 6.45) is 6.76. The molecule has 0 aliphatic heterocycles. The first kappa shape index (κ1) is 33.9. The first-order valence-electron chi connectivity index (χ1n) is 14.5. The molecule has 14 heteroatoms. The Labute approximate surface area is 247 Å². The lowest BCUT2D eigenvalue weighted by molar-refractivity contribution is -0.151. The van der Waals surface area contributed by atoms with E-state index in [0.29, 0.717) is 36.2 Å². The normalized spacial score (nSPS) is 17.0. The molecule has 0 saturated heterocycles. The summed E-state index contributed by atoms with van der Waals surface area (Å²) >= 11 is 0. The number of hydrogen-bond acceptors (Lipinski definition) is 9. The van der Waals surface area contributed by atoms with Crippen molar-refractivity contribution >= 4 is 36.2 Å². The molecule has 42 heavy (non-hydrogen) atoms. The van der Waals surface area contributed by atoms with Gasteiger partial charge in [0, 0.05) is 6.20 Å². The van der Waals surface area contributed by atoms with Gasteiger partial charge in [-0.25, -0.2) is 24.5 Å². The van der Waals surface area contributed by atoms with Gasteiger partial charge < -0.3 is 24.5 Å². The molecule has 4 N–H and O–H groups in total. The summed E-state index contributed by atoms with van der Waals surface area (Å²) in [6.45, 7) is 10.2. The standard InChI is InChI=1S/C28H46FN6O6P/c1-7-8-9-10-15-39-24(36)26(3,4)33-42(38,34-27(5,6)25(37)40-17-28(29)12-13-28)19-41-20(2)16-35-18-32-22-21(30)11-14-31-23(22)35/h11,14,18,20H,7-10,12-13,15-17,19H2,1-6H3,(H2,30,31)(H2,33,34,38)/t20-,42?/m1/s1. The Kier molecular flexibility index (Phi) is 11.1.